The Hall–Kier alpha value is -0.970. The molecule has 2 nitrogen and oxygen atoms in total. The molecule has 106 valence electrons. The molecule has 0 radical (unpaired) electrons. The Kier molecular flexibility index (Phi) is 5.52. The first-order chi connectivity index (χ1) is 9.65. The minimum atomic E-state index is -0.643. The molecular weight excluding hydrogens is 336 g/mol. The molecule has 0 heterocycles. The average Bonchev–Trinajstić information content (AvgIpc) is 2.47. The highest BCUT2D eigenvalue weighted by Crippen LogP contribution is 2.32. The molecule has 0 aliphatic heterocycles. The molecule has 0 aromatic heterocycles. The van der Waals surface area contributed by atoms with Gasteiger partial charge in [-0.05, 0) is 48.6 Å². The average molecular weight is 353 g/mol. The largest absolute Gasteiger partial charge is 0.494 e. The van der Waals surface area contributed by atoms with Crippen LogP contribution in [0.5, 0.6) is 5.75 Å². The highest BCUT2D eigenvalue weighted by Gasteiger charge is 2.14. The maximum Gasteiger partial charge on any atom is 0.120 e. The second-order valence-electron chi connectivity index (χ2n) is 4.29. The van der Waals surface area contributed by atoms with Gasteiger partial charge < -0.3 is 9.84 Å². The van der Waals surface area contributed by atoms with Crippen molar-refractivity contribution in [3.8, 4) is 5.75 Å². The number of aliphatic hydroxyl groups excluding tert-OH is 1. The van der Waals surface area contributed by atoms with Crippen LogP contribution in [0.1, 0.15) is 24.2 Å². The van der Waals surface area contributed by atoms with Crippen molar-refractivity contribution in [2.24, 2.45) is 0 Å². The highest BCUT2D eigenvalue weighted by molar-refractivity contribution is 9.10. The predicted molar refractivity (Wildman–Crippen MR) is 87.6 cm³/mol. The van der Waals surface area contributed by atoms with E-state index < -0.39 is 6.10 Å². The summed E-state index contributed by atoms with van der Waals surface area (Å²) in [6.45, 7) is 2.58. The van der Waals surface area contributed by atoms with E-state index in [-0.39, 0.29) is 0 Å². The summed E-state index contributed by atoms with van der Waals surface area (Å²) in [7, 11) is 0. The van der Waals surface area contributed by atoms with E-state index in [0.29, 0.717) is 6.61 Å². The van der Waals surface area contributed by atoms with Gasteiger partial charge in [-0.1, -0.05) is 34.1 Å². The van der Waals surface area contributed by atoms with Gasteiger partial charge in [-0.15, -0.1) is 11.8 Å². The Balaban J connectivity index is 2.25. The molecule has 20 heavy (non-hydrogen) atoms. The van der Waals surface area contributed by atoms with Gasteiger partial charge in [-0.2, -0.15) is 0 Å². The molecule has 0 bridgehead atoms. The summed E-state index contributed by atoms with van der Waals surface area (Å²) >= 11 is 5.19. The first-order valence-corrected chi connectivity index (χ1v) is 8.41. The summed E-state index contributed by atoms with van der Waals surface area (Å²) in [6, 6.07) is 13.6. The van der Waals surface area contributed by atoms with Crippen molar-refractivity contribution in [3.05, 3.63) is 58.1 Å². The van der Waals surface area contributed by atoms with Crippen LogP contribution in [-0.2, 0) is 0 Å². The number of benzene rings is 2. The van der Waals surface area contributed by atoms with Crippen LogP contribution < -0.4 is 4.74 Å². The van der Waals surface area contributed by atoms with Gasteiger partial charge in [0.25, 0.3) is 0 Å². The second-order valence-corrected chi connectivity index (χ2v) is 6.03. The number of ether oxygens (including phenoxy) is 1. The SMILES string of the molecule is CCOc1ccc(C(O)c2ccc(SC)cc2)c(Br)c1. The lowest BCUT2D eigenvalue weighted by Gasteiger charge is -2.15. The van der Waals surface area contributed by atoms with Crippen molar-refractivity contribution >= 4 is 27.7 Å². The van der Waals surface area contributed by atoms with Crippen molar-refractivity contribution in [1.82, 2.24) is 0 Å². The van der Waals surface area contributed by atoms with E-state index in [1.54, 1.807) is 11.8 Å². The van der Waals surface area contributed by atoms with Gasteiger partial charge >= 0.3 is 0 Å². The molecule has 0 aliphatic rings. The van der Waals surface area contributed by atoms with Crippen LogP contribution in [0, 0.1) is 0 Å². The smallest absolute Gasteiger partial charge is 0.120 e. The first kappa shape index (κ1) is 15.4. The Morgan fingerprint density at radius 1 is 1.20 bits per heavy atom. The zero-order valence-corrected chi connectivity index (χ0v) is 13.9. The van der Waals surface area contributed by atoms with Gasteiger partial charge in [-0.25, -0.2) is 0 Å². The third-order valence-corrected chi connectivity index (χ3v) is 4.44. The lowest BCUT2D eigenvalue weighted by Crippen LogP contribution is -2.01. The maximum atomic E-state index is 10.5. The van der Waals surface area contributed by atoms with Crippen LogP contribution in [0.3, 0.4) is 0 Å². The van der Waals surface area contributed by atoms with Crippen molar-refractivity contribution in [3.63, 3.8) is 0 Å². The molecule has 0 fully saturated rings. The number of thioether (sulfide) groups is 1. The van der Waals surface area contributed by atoms with Gasteiger partial charge in [0.2, 0.25) is 0 Å². The lowest BCUT2D eigenvalue weighted by atomic mass is 10.0. The fraction of sp³-hybridized carbons (Fsp3) is 0.250. The molecule has 2 aromatic rings. The topological polar surface area (TPSA) is 29.5 Å². The summed E-state index contributed by atoms with van der Waals surface area (Å²) in [5.74, 6) is 0.799. The molecule has 0 saturated heterocycles. The Bertz CT molecular complexity index is 569. The van der Waals surface area contributed by atoms with E-state index >= 15 is 0 Å². The number of halogens is 1. The van der Waals surface area contributed by atoms with Crippen LogP contribution in [0.2, 0.25) is 0 Å². The predicted octanol–water partition coefficient (Wildman–Crippen LogP) is 4.65. The third kappa shape index (κ3) is 3.57. The van der Waals surface area contributed by atoms with Crippen molar-refractivity contribution < 1.29 is 9.84 Å². The van der Waals surface area contributed by atoms with Crippen LogP contribution in [-0.4, -0.2) is 18.0 Å². The molecule has 1 N–H and O–H groups in total. The molecule has 2 aromatic carbocycles. The number of hydrogen-bond acceptors (Lipinski definition) is 3. The van der Waals surface area contributed by atoms with Crippen molar-refractivity contribution in [2.75, 3.05) is 12.9 Å². The molecule has 4 heteroatoms. The maximum absolute atomic E-state index is 10.5. The van der Waals surface area contributed by atoms with E-state index in [1.165, 1.54) is 4.90 Å². The Morgan fingerprint density at radius 2 is 1.90 bits per heavy atom. The molecule has 0 amide bonds. The van der Waals surface area contributed by atoms with Crippen molar-refractivity contribution in [2.45, 2.75) is 17.9 Å². The zero-order chi connectivity index (χ0) is 14.5. The normalized spacial score (nSPS) is 12.2. The van der Waals surface area contributed by atoms with E-state index in [0.717, 1.165) is 21.3 Å². The van der Waals surface area contributed by atoms with Crippen LogP contribution in [0.4, 0.5) is 0 Å². The van der Waals surface area contributed by atoms with Crippen LogP contribution >= 0.6 is 27.7 Å². The summed E-state index contributed by atoms with van der Waals surface area (Å²) in [4.78, 5) is 1.19. The van der Waals surface area contributed by atoms with Gasteiger partial charge in [0.1, 0.15) is 11.9 Å². The summed E-state index contributed by atoms with van der Waals surface area (Å²) in [5, 5.41) is 10.5. The molecule has 1 atom stereocenters. The monoisotopic (exact) mass is 352 g/mol. The molecule has 2 rings (SSSR count). The molecule has 0 saturated carbocycles. The third-order valence-electron chi connectivity index (χ3n) is 3.01. The van der Waals surface area contributed by atoms with E-state index in [1.807, 2.05) is 55.6 Å². The molecule has 0 spiro atoms. The fourth-order valence-electron chi connectivity index (χ4n) is 1.95. The number of hydrogen-bond donors (Lipinski definition) is 1. The lowest BCUT2D eigenvalue weighted by molar-refractivity contribution is 0.219. The van der Waals surface area contributed by atoms with Crippen LogP contribution in [0.15, 0.2) is 51.8 Å². The first-order valence-electron chi connectivity index (χ1n) is 6.40. The molecular formula is C16H17BrO2S. The number of rotatable bonds is 5. The number of aliphatic hydroxyl groups is 1. The standard InChI is InChI=1S/C16H17BrO2S/c1-3-19-12-6-9-14(15(17)10-12)16(18)11-4-7-13(20-2)8-5-11/h4-10,16,18H,3H2,1-2H3. The molecule has 1 unspecified atom stereocenters. The van der Waals surface area contributed by atoms with E-state index in [4.69, 9.17) is 4.74 Å². The van der Waals surface area contributed by atoms with Gasteiger partial charge in [0.05, 0.1) is 6.61 Å². The minimum absolute atomic E-state index is 0.629. The van der Waals surface area contributed by atoms with Crippen LogP contribution in [0.25, 0.3) is 0 Å². The summed E-state index contributed by atoms with van der Waals surface area (Å²) < 4.78 is 6.29. The Labute approximate surface area is 132 Å². The Morgan fingerprint density at radius 3 is 2.45 bits per heavy atom. The van der Waals surface area contributed by atoms with Gasteiger partial charge in [-0.3, -0.25) is 0 Å². The quantitative estimate of drug-likeness (QED) is 0.794. The van der Waals surface area contributed by atoms with Crippen molar-refractivity contribution in [1.29, 1.82) is 0 Å². The van der Waals surface area contributed by atoms with E-state index in [9.17, 15) is 5.11 Å². The second kappa shape index (κ2) is 7.16. The van der Waals surface area contributed by atoms with Gasteiger partial charge in [0.15, 0.2) is 0 Å². The summed E-state index contributed by atoms with van der Waals surface area (Å²) in [5.41, 5.74) is 1.72. The van der Waals surface area contributed by atoms with E-state index in [2.05, 4.69) is 15.9 Å². The fourth-order valence-corrected chi connectivity index (χ4v) is 2.93. The zero-order valence-electron chi connectivity index (χ0n) is 11.5. The molecule has 0 aliphatic carbocycles. The van der Waals surface area contributed by atoms with Gasteiger partial charge in [0, 0.05) is 9.37 Å². The highest BCUT2D eigenvalue weighted by atomic mass is 79.9. The summed E-state index contributed by atoms with van der Waals surface area (Å²) in [6.07, 6.45) is 1.39. The minimum Gasteiger partial charge on any atom is -0.494 e.